The van der Waals surface area contributed by atoms with Gasteiger partial charge in [-0.15, -0.1) is 0 Å². The normalized spacial score (nSPS) is 15.0. The van der Waals surface area contributed by atoms with Crippen LogP contribution in [0.4, 0.5) is 0 Å². The first kappa shape index (κ1) is 54.3. The zero-order chi connectivity index (χ0) is 41.8. The number of carbonyl (C=O) groups is 2. The van der Waals surface area contributed by atoms with Crippen molar-refractivity contribution in [3.05, 3.63) is 24.3 Å². The van der Waals surface area contributed by atoms with Crippen molar-refractivity contribution in [2.45, 2.75) is 225 Å². The Bertz CT molecular complexity index is 958. The molecule has 0 aliphatic carbocycles. The molecule has 0 aromatic rings. The van der Waals surface area contributed by atoms with Gasteiger partial charge in [0.1, 0.15) is 12.6 Å². The fourth-order valence-corrected chi connectivity index (χ4v) is 7.63. The van der Waals surface area contributed by atoms with Crippen LogP contribution in [0.25, 0.3) is 0 Å². The van der Waals surface area contributed by atoms with Gasteiger partial charge in [0.25, 0.3) is 0 Å². The van der Waals surface area contributed by atoms with Crippen LogP contribution < -0.4 is 0 Å². The van der Waals surface area contributed by atoms with Crippen LogP contribution in [0, 0.1) is 0 Å². The van der Waals surface area contributed by atoms with Gasteiger partial charge in [0, 0.05) is 19.6 Å². The van der Waals surface area contributed by atoms with E-state index in [1.807, 2.05) is 7.05 Å². The minimum Gasteiger partial charge on any atom is -0.466 e. The summed E-state index contributed by atoms with van der Waals surface area (Å²) in [5.74, 6) is -0.317. The van der Waals surface area contributed by atoms with E-state index < -0.39 is 0 Å². The van der Waals surface area contributed by atoms with Crippen molar-refractivity contribution in [2.24, 2.45) is 0 Å². The SMILES string of the molecule is CCCCCCCC/C=C\CCCCCCCCOOCCN(CCOC(=O)C1CCCCN1C)CCC(=O)OCCCCCCCC/C=C\CCCCCCCC. The summed E-state index contributed by atoms with van der Waals surface area (Å²) in [4.78, 5) is 40.5. The minimum atomic E-state index is -0.171. The van der Waals surface area contributed by atoms with E-state index in [9.17, 15) is 9.59 Å². The standard InChI is InChI=1S/C50H94N2O6/c1-4-6-8-10-12-14-16-18-20-22-24-26-28-30-32-36-44-55-49(53)39-41-52(42-46-56-50(54)48-38-34-35-40-51(48)3)43-47-58-57-45-37-33-31-29-27-25-23-21-19-17-15-13-11-9-7-5-2/h18-21,48H,4-17,22-47H2,1-3H3/b20-18-,21-19-. The molecule has 1 unspecified atom stereocenters. The lowest BCUT2D eigenvalue weighted by molar-refractivity contribution is -0.296. The van der Waals surface area contributed by atoms with E-state index in [1.165, 1.54) is 154 Å². The third-order valence-electron chi connectivity index (χ3n) is 11.6. The van der Waals surface area contributed by atoms with Crippen LogP contribution in [-0.2, 0) is 28.8 Å². The predicted octanol–water partition coefficient (Wildman–Crippen LogP) is 13.3. The molecule has 1 rings (SSSR count). The first-order valence-electron chi connectivity index (χ1n) is 24.9. The maximum Gasteiger partial charge on any atom is 0.323 e. The van der Waals surface area contributed by atoms with Gasteiger partial charge in [-0.2, -0.15) is 0 Å². The van der Waals surface area contributed by atoms with Gasteiger partial charge in [0.05, 0.1) is 26.2 Å². The number of hydrogen-bond acceptors (Lipinski definition) is 8. The van der Waals surface area contributed by atoms with Crippen molar-refractivity contribution in [3.63, 3.8) is 0 Å². The second-order valence-corrected chi connectivity index (χ2v) is 17.0. The Hall–Kier alpha value is -1.74. The lowest BCUT2D eigenvalue weighted by Gasteiger charge is -2.30. The van der Waals surface area contributed by atoms with Crippen molar-refractivity contribution in [2.75, 3.05) is 59.7 Å². The fraction of sp³-hybridized carbons (Fsp3) is 0.880. The molecule has 1 fully saturated rings. The molecule has 1 atom stereocenters. The van der Waals surface area contributed by atoms with Crippen molar-refractivity contribution >= 4 is 11.9 Å². The molecule has 8 nitrogen and oxygen atoms in total. The summed E-state index contributed by atoms with van der Waals surface area (Å²) in [5, 5.41) is 0. The van der Waals surface area contributed by atoms with Gasteiger partial charge in [0.15, 0.2) is 0 Å². The summed E-state index contributed by atoms with van der Waals surface area (Å²) < 4.78 is 11.3. The largest absolute Gasteiger partial charge is 0.466 e. The third kappa shape index (κ3) is 36.1. The number of likely N-dealkylation sites (N-methyl/N-ethyl adjacent to an activating group) is 1. The highest BCUT2D eigenvalue weighted by molar-refractivity contribution is 5.75. The predicted molar refractivity (Wildman–Crippen MR) is 244 cm³/mol. The monoisotopic (exact) mass is 819 g/mol. The maximum absolute atomic E-state index is 12.7. The van der Waals surface area contributed by atoms with E-state index in [2.05, 4.69) is 48.0 Å². The van der Waals surface area contributed by atoms with Crippen LogP contribution in [0.5, 0.6) is 0 Å². The lowest BCUT2D eigenvalue weighted by Crippen LogP contribution is -2.43. The van der Waals surface area contributed by atoms with E-state index in [-0.39, 0.29) is 18.0 Å². The average molecular weight is 819 g/mol. The molecule has 58 heavy (non-hydrogen) atoms. The highest BCUT2D eigenvalue weighted by Gasteiger charge is 2.27. The molecular weight excluding hydrogens is 725 g/mol. The molecule has 0 aromatic heterocycles. The van der Waals surface area contributed by atoms with Crippen LogP contribution in [0.3, 0.4) is 0 Å². The Kier molecular flexibility index (Phi) is 40.6. The Morgan fingerprint density at radius 1 is 0.517 bits per heavy atom. The van der Waals surface area contributed by atoms with Gasteiger partial charge in [-0.1, -0.05) is 160 Å². The highest BCUT2D eigenvalue weighted by atomic mass is 17.2. The molecule has 1 saturated heterocycles. The molecule has 1 aliphatic heterocycles. The number of ether oxygens (including phenoxy) is 2. The zero-order valence-electron chi connectivity index (χ0n) is 38.5. The van der Waals surface area contributed by atoms with E-state index >= 15 is 0 Å². The molecule has 0 amide bonds. The van der Waals surface area contributed by atoms with Gasteiger partial charge < -0.3 is 9.47 Å². The molecular formula is C50H94N2O6. The number of esters is 2. The lowest BCUT2D eigenvalue weighted by atomic mass is 10.0. The number of unbranched alkanes of at least 4 members (excludes halogenated alkanes) is 24. The van der Waals surface area contributed by atoms with E-state index in [0.29, 0.717) is 52.5 Å². The fourth-order valence-electron chi connectivity index (χ4n) is 7.63. The topological polar surface area (TPSA) is 77.5 Å². The molecule has 1 heterocycles. The Morgan fingerprint density at radius 3 is 1.48 bits per heavy atom. The smallest absolute Gasteiger partial charge is 0.323 e. The number of carbonyl (C=O) groups excluding carboxylic acids is 2. The summed E-state index contributed by atoms with van der Waals surface area (Å²) >= 11 is 0. The van der Waals surface area contributed by atoms with Crippen LogP contribution in [0.15, 0.2) is 24.3 Å². The molecule has 0 N–H and O–H groups in total. The molecule has 0 spiro atoms. The first-order valence-corrected chi connectivity index (χ1v) is 24.9. The Balaban J connectivity index is 2.15. The first-order chi connectivity index (χ1) is 28.6. The van der Waals surface area contributed by atoms with Gasteiger partial charge in [0.2, 0.25) is 0 Å². The number of rotatable bonds is 43. The van der Waals surface area contributed by atoms with Crippen molar-refractivity contribution in [1.29, 1.82) is 0 Å². The second kappa shape index (κ2) is 43.4. The molecule has 0 saturated carbocycles. The number of likely N-dealkylation sites (tertiary alicyclic amines) is 1. The summed E-state index contributed by atoms with van der Waals surface area (Å²) in [7, 11) is 2.00. The summed E-state index contributed by atoms with van der Waals surface area (Å²) in [6, 6.07) is -0.155. The van der Waals surface area contributed by atoms with Crippen LogP contribution in [0.2, 0.25) is 0 Å². The molecule has 8 heteroatoms. The number of allylic oxidation sites excluding steroid dienone is 4. The number of hydrogen-bond donors (Lipinski definition) is 0. The van der Waals surface area contributed by atoms with Crippen LogP contribution in [-0.4, -0.2) is 87.4 Å². The number of piperidine rings is 1. The van der Waals surface area contributed by atoms with Crippen molar-refractivity contribution in [3.8, 4) is 0 Å². The van der Waals surface area contributed by atoms with Gasteiger partial charge in [-0.05, 0) is 90.6 Å². The maximum atomic E-state index is 12.7. The quantitative estimate of drug-likeness (QED) is 0.0198. The Morgan fingerprint density at radius 2 is 0.966 bits per heavy atom. The van der Waals surface area contributed by atoms with Gasteiger partial charge in [-0.25, -0.2) is 9.78 Å². The summed E-state index contributed by atoms with van der Waals surface area (Å²) in [6.07, 6.45) is 48.4. The van der Waals surface area contributed by atoms with E-state index in [0.717, 1.165) is 51.5 Å². The van der Waals surface area contributed by atoms with Crippen LogP contribution >= 0.6 is 0 Å². The summed E-state index contributed by atoms with van der Waals surface area (Å²) in [5.41, 5.74) is 0. The van der Waals surface area contributed by atoms with E-state index in [4.69, 9.17) is 19.2 Å². The van der Waals surface area contributed by atoms with Crippen molar-refractivity contribution in [1.82, 2.24) is 9.80 Å². The van der Waals surface area contributed by atoms with E-state index in [1.54, 1.807) is 0 Å². The molecule has 1 aliphatic rings. The third-order valence-corrected chi connectivity index (χ3v) is 11.6. The number of nitrogens with zero attached hydrogens (tertiary/aromatic N) is 2. The molecule has 0 radical (unpaired) electrons. The van der Waals surface area contributed by atoms with Crippen LogP contribution in [0.1, 0.15) is 219 Å². The average Bonchev–Trinajstić information content (AvgIpc) is 3.23. The molecule has 340 valence electrons. The Labute approximate surface area is 358 Å². The highest BCUT2D eigenvalue weighted by Crippen LogP contribution is 2.16. The minimum absolute atomic E-state index is 0.146. The summed E-state index contributed by atoms with van der Waals surface area (Å²) in [6.45, 7) is 8.92. The van der Waals surface area contributed by atoms with Crippen molar-refractivity contribution < 1.29 is 28.8 Å². The molecule has 0 aromatic carbocycles. The second-order valence-electron chi connectivity index (χ2n) is 17.0. The molecule has 0 bridgehead atoms. The van der Waals surface area contributed by atoms with Gasteiger partial charge in [-0.3, -0.25) is 19.4 Å². The zero-order valence-corrected chi connectivity index (χ0v) is 38.5. The van der Waals surface area contributed by atoms with Gasteiger partial charge >= 0.3 is 11.9 Å².